The van der Waals surface area contributed by atoms with Crippen molar-refractivity contribution in [1.29, 1.82) is 0 Å². The Balaban J connectivity index is 1.54. The Morgan fingerprint density at radius 2 is 1.79 bits per heavy atom. The van der Waals surface area contributed by atoms with E-state index in [0.717, 1.165) is 60.0 Å². The number of hydrogen-bond donors (Lipinski definition) is 0. The van der Waals surface area contributed by atoms with E-state index in [2.05, 4.69) is 16.8 Å². The first-order valence-corrected chi connectivity index (χ1v) is 12.1. The molecular formula is C28H33FN4O. The van der Waals surface area contributed by atoms with E-state index in [1.807, 2.05) is 55.1 Å². The standard InChI is InChI=1S/C28H33FN4O/c1-4-25(23-11-6-5-7-12-23)28(34)33-15-9-14-32(16-17-33)27-26(20(2)30-21(3)31-27)19-22-10-8-13-24(29)18-22/h5-8,10-13,18,25H,4,9,14-17,19H2,1-3H3. The lowest BCUT2D eigenvalue weighted by atomic mass is 9.95. The second-order valence-corrected chi connectivity index (χ2v) is 9.00. The van der Waals surface area contributed by atoms with Crippen molar-refractivity contribution in [3.63, 3.8) is 0 Å². The summed E-state index contributed by atoms with van der Waals surface area (Å²) in [4.78, 5) is 27.1. The van der Waals surface area contributed by atoms with Crippen LogP contribution in [0.25, 0.3) is 0 Å². The van der Waals surface area contributed by atoms with Crippen molar-refractivity contribution in [2.75, 3.05) is 31.1 Å². The van der Waals surface area contributed by atoms with Gasteiger partial charge in [-0.05, 0) is 49.9 Å². The maximum atomic E-state index is 13.8. The SMILES string of the molecule is CCC(C(=O)N1CCCN(c2nc(C)nc(C)c2Cc2cccc(F)c2)CC1)c1ccccc1. The van der Waals surface area contributed by atoms with Gasteiger partial charge in [0.1, 0.15) is 17.5 Å². The quantitative estimate of drug-likeness (QED) is 0.516. The lowest BCUT2D eigenvalue weighted by molar-refractivity contribution is -0.132. The highest BCUT2D eigenvalue weighted by atomic mass is 19.1. The predicted molar refractivity (Wildman–Crippen MR) is 134 cm³/mol. The molecule has 3 aromatic rings. The number of benzene rings is 2. The van der Waals surface area contributed by atoms with Crippen LogP contribution in [-0.2, 0) is 11.2 Å². The Morgan fingerprint density at radius 3 is 2.53 bits per heavy atom. The van der Waals surface area contributed by atoms with Crippen LogP contribution in [-0.4, -0.2) is 47.0 Å². The maximum absolute atomic E-state index is 13.8. The van der Waals surface area contributed by atoms with E-state index in [-0.39, 0.29) is 17.6 Å². The number of nitrogens with zero attached hydrogens (tertiary/aromatic N) is 4. The zero-order chi connectivity index (χ0) is 24.1. The minimum atomic E-state index is -0.238. The van der Waals surface area contributed by atoms with Gasteiger partial charge >= 0.3 is 0 Å². The van der Waals surface area contributed by atoms with E-state index in [1.54, 1.807) is 12.1 Å². The number of hydrogen-bond acceptors (Lipinski definition) is 4. The van der Waals surface area contributed by atoms with Crippen LogP contribution in [0.2, 0.25) is 0 Å². The van der Waals surface area contributed by atoms with Gasteiger partial charge in [-0.1, -0.05) is 49.4 Å². The molecule has 1 aliphatic heterocycles. The molecule has 2 heterocycles. The molecule has 6 heteroatoms. The second-order valence-electron chi connectivity index (χ2n) is 9.00. The van der Waals surface area contributed by atoms with Crippen LogP contribution in [0, 0.1) is 19.7 Å². The third-order valence-corrected chi connectivity index (χ3v) is 6.59. The summed E-state index contributed by atoms with van der Waals surface area (Å²) in [6.45, 7) is 8.89. The van der Waals surface area contributed by atoms with Crippen molar-refractivity contribution in [3.05, 3.63) is 88.6 Å². The molecule has 34 heavy (non-hydrogen) atoms. The topological polar surface area (TPSA) is 49.3 Å². The number of aryl methyl sites for hydroxylation is 2. The molecule has 1 atom stereocenters. The van der Waals surface area contributed by atoms with Crippen molar-refractivity contribution in [1.82, 2.24) is 14.9 Å². The van der Waals surface area contributed by atoms with E-state index in [0.29, 0.717) is 19.5 Å². The number of anilines is 1. The fourth-order valence-electron chi connectivity index (χ4n) is 4.85. The average Bonchev–Trinajstić information content (AvgIpc) is 3.08. The van der Waals surface area contributed by atoms with E-state index < -0.39 is 0 Å². The number of amides is 1. The molecule has 1 fully saturated rings. The fourth-order valence-corrected chi connectivity index (χ4v) is 4.85. The monoisotopic (exact) mass is 460 g/mol. The van der Waals surface area contributed by atoms with Gasteiger partial charge in [-0.3, -0.25) is 4.79 Å². The van der Waals surface area contributed by atoms with Gasteiger partial charge in [0.2, 0.25) is 5.91 Å². The second kappa shape index (κ2) is 10.8. The first-order chi connectivity index (χ1) is 16.5. The van der Waals surface area contributed by atoms with Gasteiger partial charge in [0.15, 0.2) is 0 Å². The van der Waals surface area contributed by atoms with Gasteiger partial charge in [-0.2, -0.15) is 0 Å². The van der Waals surface area contributed by atoms with E-state index in [9.17, 15) is 9.18 Å². The van der Waals surface area contributed by atoms with Gasteiger partial charge in [-0.25, -0.2) is 14.4 Å². The zero-order valence-corrected chi connectivity index (χ0v) is 20.3. The van der Waals surface area contributed by atoms with Crippen LogP contribution in [0.1, 0.15) is 53.9 Å². The maximum Gasteiger partial charge on any atom is 0.230 e. The fraction of sp³-hybridized carbons (Fsp3) is 0.393. The molecule has 0 radical (unpaired) electrons. The molecular weight excluding hydrogens is 427 g/mol. The summed E-state index contributed by atoms with van der Waals surface area (Å²) in [5.74, 6) is 1.48. The van der Waals surface area contributed by atoms with Crippen LogP contribution in [0.4, 0.5) is 10.2 Å². The number of aromatic nitrogens is 2. The first-order valence-electron chi connectivity index (χ1n) is 12.1. The lowest BCUT2D eigenvalue weighted by Gasteiger charge is -2.27. The zero-order valence-electron chi connectivity index (χ0n) is 20.3. The van der Waals surface area contributed by atoms with E-state index in [1.165, 1.54) is 6.07 Å². The number of carbonyl (C=O) groups is 1. The van der Waals surface area contributed by atoms with Gasteiger partial charge in [-0.15, -0.1) is 0 Å². The van der Waals surface area contributed by atoms with E-state index in [4.69, 9.17) is 4.98 Å². The Labute approximate surface area is 201 Å². The van der Waals surface area contributed by atoms with Crippen LogP contribution in [0.5, 0.6) is 0 Å². The minimum Gasteiger partial charge on any atom is -0.354 e. The van der Waals surface area contributed by atoms with Crippen molar-refractivity contribution >= 4 is 11.7 Å². The molecule has 0 N–H and O–H groups in total. The number of halogens is 1. The smallest absolute Gasteiger partial charge is 0.230 e. The molecule has 1 amide bonds. The normalized spacial score (nSPS) is 15.2. The average molecular weight is 461 g/mol. The summed E-state index contributed by atoms with van der Waals surface area (Å²) in [5.41, 5.74) is 3.92. The third-order valence-electron chi connectivity index (χ3n) is 6.59. The number of carbonyl (C=O) groups excluding carboxylic acids is 1. The summed E-state index contributed by atoms with van der Waals surface area (Å²) >= 11 is 0. The summed E-state index contributed by atoms with van der Waals surface area (Å²) in [7, 11) is 0. The molecule has 4 rings (SSSR count). The molecule has 0 aliphatic carbocycles. The van der Waals surface area contributed by atoms with E-state index >= 15 is 0 Å². The Morgan fingerprint density at radius 1 is 1.00 bits per heavy atom. The predicted octanol–water partition coefficient (Wildman–Crippen LogP) is 5.06. The minimum absolute atomic E-state index is 0.111. The van der Waals surface area contributed by atoms with Gasteiger partial charge in [0.25, 0.3) is 0 Å². The Hall–Kier alpha value is -3.28. The molecule has 5 nitrogen and oxygen atoms in total. The van der Waals surface area contributed by atoms with Crippen molar-refractivity contribution in [2.24, 2.45) is 0 Å². The van der Waals surface area contributed by atoms with Crippen molar-refractivity contribution in [2.45, 2.75) is 46.0 Å². The number of rotatable bonds is 6. The summed E-state index contributed by atoms with van der Waals surface area (Å²) in [6.07, 6.45) is 2.23. The Kier molecular flexibility index (Phi) is 7.56. The van der Waals surface area contributed by atoms with Gasteiger partial charge in [0, 0.05) is 43.9 Å². The lowest BCUT2D eigenvalue weighted by Crippen LogP contribution is -2.38. The molecule has 0 saturated carbocycles. The van der Waals surface area contributed by atoms with Crippen molar-refractivity contribution < 1.29 is 9.18 Å². The highest BCUT2D eigenvalue weighted by Gasteiger charge is 2.27. The van der Waals surface area contributed by atoms with Gasteiger partial charge in [0.05, 0.1) is 5.92 Å². The summed E-state index contributed by atoms with van der Waals surface area (Å²) < 4.78 is 13.8. The molecule has 2 aromatic carbocycles. The van der Waals surface area contributed by atoms with Crippen molar-refractivity contribution in [3.8, 4) is 0 Å². The molecule has 178 valence electrons. The highest BCUT2D eigenvalue weighted by molar-refractivity contribution is 5.83. The summed E-state index contributed by atoms with van der Waals surface area (Å²) in [6, 6.07) is 16.8. The summed E-state index contributed by atoms with van der Waals surface area (Å²) in [5, 5.41) is 0. The van der Waals surface area contributed by atoms with Crippen LogP contribution >= 0.6 is 0 Å². The molecule has 1 aliphatic rings. The molecule has 0 bridgehead atoms. The molecule has 1 aromatic heterocycles. The molecule has 1 saturated heterocycles. The van der Waals surface area contributed by atoms with Crippen LogP contribution in [0.3, 0.4) is 0 Å². The molecule has 1 unspecified atom stereocenters. The van der Waals surface area contributed by atoms with Gasteiger partial charge < -0.3 is 9.80 Å². The third kappa shape index (κ3) is 5.44. The first kappa shape index (κ1) is 23.9. The Bertz CT molecular complexity index is 1130. The highest BCUT2D eigenvalue weighted by Crippen LogP contribution is 2.27. The van der Waals surface area contributed by atoms with Crippen LogP contribution < -0.4 is 4.90 Å². The largest absolute Gasteiger partial charge is 0.354 e. The molecule has 0 spiro atoms. The van der Waals surface area contributed by atoms with Crippen LogP contribution in [0.15, 0.2) is 54.6 Å².